The van der Waals surface area contributed by atoms with E-state index in [4.69, 9.17) is 0 Å². The molecule has 0 unspecified atom stereocenters. The highest BCUT2D eigenvalue weighted by Gasteiger charge is 2.51. The van der Waals surface area contributed by atoms with Crippen molar-refractivity contribution >= 4 is 40.0 Å². The second-order valence-electron chi connectivity index (χ2n) is 8.12. The summed E-state index contributed by atoms with van der Waals surface area (Å²) in [5, 5.41) is 18.7. The fourth-order valence-electron chi connectivity index (χ4n) is 4.20. The van der Waals surface area contributed by atoms with E-state index in [1.54, 1.807) is 24.4 Å². The average Bonchev–Trinajstić information content (AvgIpc) is 3.30. The molecule has 32 heavy (non-hydrogen) atoms. The molecule has 1 aliphatic carbocycles. The van der Waals surface area contributed by atoms with Crippen molar-refractivity contribution in [2.75, 3.05) is 11.9 Å². The molecule has 0 atom stereocenters. The Bertz CT molecular complexity index is 1090. The van der Waals surface area contributed by atoms with Gasteiger partial charge in [-0.3, -0.25) is 24.6 Å². The van der Waals surface area contributed by atoms with Crippen LogP contribution < -0.4 is 10.6 Å². The van der Waals surface area contributed by atoms with E-state index in [0.29, 0.717) is 34.8 Å². The van der Waals surface area contributed by atoms with Gasteiger partial charge in [-0.1, -0.05) is 31.4 Å². The van der Waals surface area contributed by atoms with Gasteiger partial charge in [-0.25, -0.2) is 9.78 Å². The zero-order valence-corrected chi connectivity index (χ0v) is 18.4. The Balaban J connectivity index is 1.36. The Labute approximate surface area is 188 Å². The number of nitrogens with zero attached hydrogens (tertiary/aromatic N) is 3. The molecule has 1 aliphatic heterocycles. The molecule has 2 aliphatic rings. The van der Waals surface area contributed by atoms with Crippen molar-refractivity contribution in [2.45, 2.75) is 51.0 Å². The minimum Gasteiger partial charge on any atom is -0.323 e. The van der Waals surface area contributed by atoms with E-state index in [1.165, 1.54) is 17.4 Å². The molecule has 1 spiro atoms. The molecule has 2 heterocycles. The highest BCUT2D eigenvalue weighted by Crippen LogP contribution is 2.34. The van der Waals surface area contributed by atoms with Crippen molar-refractivity contribution < 1.29 is 19.3 Å². The van der Waals surface area contributed by atoms with Gasteiger partial charge < -0.3 is 10.6 Å². The predicted octanol–water partition coefficient (Wildman–Crippen LogP) is 3.61. The molecule has 2 aromatic rings. The first-order chi connectivity index (χ1) is 15.3. The lowest BCUT2D eigenvalue weighted by molar-refractivity contribution is -0.385. The van der Waals surface area contributed by atoms with Gasteiger partial charge in [0.15, 0.2) is 5.13 Å². The fraction of sp³-hybridized carbons (Fsp3) is 0.429. The molecule has 1 aromatic carbocycles. The second-order valence-corrected chi connectivity index (χ2v) is 8.98. The third-order valence-corrected chi connectivity index (χ3v) is 6.73. The molecule has 0 radical (unpaired) electrons. The normalized spacial score (nSPS) is 17.5. The van der Waals surface area contributed by atoms with Crippen molar-refractivity contribution in [1.29, 1.82) is 0 Å². The summed E-state index contributed by atoms with van der Waals surface area (Å²) >= 11 is 1.20. The van der Waals surface area contributed by atoms with Crippen LogP contribution in [0, 0.1) is 17.0 Å². The number of hydrogen-bond acceptors (Lipinski definition) is 7. The Hall–Kier alpha value is -3.34. The number of anilines is 1. The molecule has 11 heteroatoms. The molecule has 168 valence electrons. The number of aromatic nitrogens is 1. The number of nitro groups is 1. The largest absolute Gasteiger partial charge is 0.325 e. The molecule has 4 amide bonds. The van der Waals surface area contributed by atoms with E-state index < -0.39 is 16.5 Å². The zero-order chi connectivity index (χ0) is 22.9. The van der Waals surface area contributed by atoms with Crippen molar-refractivity contribution in [1.82, 2.24) is 15.2 Å². The first-order valence-corrected chi connectivity index (χ1v) is 11.3. The number of carbonyl (C=O) groups excluding carboxylic acids is 3. The highest BCUT2D eigenvalue weighted by atomic mass is 32.1. The molecular weight excluding hydrogens is 434 g/mol. The standard InChI is InChI=1S/C21H23N5O5S/c1-13-5-6-14(11-16(13)26(30)31)15-12-32-19(22-15)23-17(27)7-10-25-18(28)21(24-20(25)29)8-3-2-4-9-21/h5-6,11-12H,2-4,7-10H2,1H3,(H,24,29)(H,22,23,27). The summed E-state index contributed by atoms with van der Waals surface area (Å²) in [7, 11) is 0. The number of rotatable bonds is 6. The molecular formula is C21H23N5O5S. The number of thiazole rings is 1. The highest BCUT2D eigenvalue weighted by molar-refractivity contribution is 7.14. The molecule has 1 aromatic heterocycles. The molecule has 2 N–H and O–H groups in total. The Kier molecular flexibility index (Phi) is 5.92. The summed E-state index contributed by atoms with van der Waals surface area (Å²) < 4.78 is 0. The Morgan fingerprint density at radius 2 is 2.06 bits per heavy atom. The van der Waals surface area contributed by atoms with Crippen LogP contribution in [-0.4, -0.2) is 44.7 Å². The number of hydrogen-bond donors (Lipinski definition) is 2. The van der Waals surface area contributed by atoms with Crippen molar-refractivity contribution in [3.05, 3.63) is 39.3 Å². The summed E-state index contributed by atoms with van der Waals surface area (Å²) in [6, 6.07) is 4.40. The number of urea groups is 1. The van der Waals surface area contributed by atoms with Crippen LogP contribution in [0.2, 0.25) is 0 Å². The molecule has 4 rings (SSSR count). The van der Waals surface area contributed by atoms with Gasteiger partial charge in [0.1, 0.15) is 5.54 Å². The average molecular weight is 458 g/mol. The van der Waals surface area contributed by atoms with E-state index >= 15 is 0 Å². The van der Waals surface area contributed by atoms with E-state index in [2.05, 4.69) is 15.6 Å². The van der Waals surface area contributed by atoms with Gasteiger partial charge in [0.05, 0.1) is 10.6 Å². The van der Waals surface area contributed by atoms with Gasteiger partial charge >= 0.3 is 6.03 Å². The molecule has 2 fully saturated rings. The summed E-state index contributed by atoms with van der Waals surface area (Å²) in [5.41, 5.74) is 0.855. The number of amides is 4. The Morgan fingerprint density at radius 3 is 2.78 bits per heavy atom. The maximum absolute atomic E-state index is 12.8. The summed E-state index contributed by atoms with van der Waals surface area (Å²) in [5.74, 6) is -0.613. The first kappa shape index (κ1) is 21.9. The van der Waals surface area contributed by atoms with Crippen molar-refractivity contribution in [3.63, 3.8) is 0 Å². The number of aryl methyl sites for hydroxylation is 1. The number of benzene rings is 1. The van der Waals surface area contributed by atoms with Crippen LogP contribution in [0.5, 0.6) is 0 Å². The smallest absolute Gasteiger partial charge is 0.323 e. The minimum absolute atomic E-state index is 0.000634. The summed E-state index contributed by atoms with van der Waals surface area (Å²) in [4.78, 5) is 53.6. The summed E-state index contributed by atoms with van der Waals surface area (Å²) in [6.07, 6.45) is 4.09. The monoisotopic (exact) mass is 457 g/mol. The van der Waals surface area contributed by atoms with Crippen LogP contribution in [0.1, 0.15) is 44.1 Å². The lowest BCUT2D eigenvalue weighted by Crippen LogP contribution is -2.48. The van der Waals surface area contributed by atoms with Crippen molar-refractivity contribution in [3.8, 4) is 11.3 Å². The molecule has 0 bridgehead atoms. The van der Waals surface area contributed by atoms with E-state index in [-0.39, 0.29) is 30.5 Å². The van der Waals surface area contributed by atoms with Crippen LogP contribution in [0.25, 0.3) is 11.3 Å². The van der Waals surface area contributed by atoms with Gasteiger partial charge in [-0.15, -0.1) is 11.3 Å². The van der Waals surface area contributed by atoms with E-state index in [1.807, 2.05) is 0 Å². The molecule has 1 saturated heterocycles. The van der Waals surface area contributed by atoms with Crippen LogP contribution in [0.3, 0.4) is 0 Å². The summed E-state index contributed by atoms with van der Waals surface area (Å²) in [6.45, 7) is 1.66. The number of carbonyl (C=O) groups is 3. The lowest BCUT2D eigenvalue weighted by atomic mass is 9.82. The van der Waals surface area contributed by atoms with Crippen molar-refractivity contribution in [2.24, 2.45) is 0 Å². The van der Waals surface area contributed by atoms with Gasteiger partial charge in [0, 0.05) is 35.5 Å². The number of imide groups is 1. The van der Waals surface area contributed by atoms with E-state index in [0.717, 1.165) is 24.2 Å². The third kappa shape index (κ3) is 4.20. The topological polar surface area (TPSA) is 135 Å². The Morgan fingerprint density at radius 1 is 1.31 bits per heavy atom. The first-order valence-electron chi connectivity index (χ1n) is 10.4. The fourth-order valence-corrected chi connectivity index (χ4v) is 4.93. The lowest BCUT2D eigenvalue weighted by Gasteiger charge is -2.30. The SMILES string of the molecule is Cc1ccc(-c2csc(NC(=O)CCN3C(=O)NC4(CCCCC4)C3=O)n2)cc1[N+](=O)[O-]. The van der Waals surface area contributed by atoms with Crippen LogP contribution in [0.4, 0.5) is 15.6 Å². The zero-order valence-electron chi connectivity index (χ0n) is 17.6. The maximum atomic E-state index is 12.8. The third-order valence-electron chi connectivity index (χ3n) is 5.97. The second kappa shape index (κ2) is 8.65. The number of nitrogens with one attached hydrogen (secondary N) is 2. The van der Waals surface area contributed by atoms with Gasteiger partial charge in [0.2, 0.25) is 5.91 Å². The van der Waals surface area contributed by atoms with Gasteiger partial charge in [0.25, 0.3) is 11.6 Å². The quantitative estimate of drug-likeness (QED) is 0.387. The minimum atomic E-state index is -0.799. The van der Waals surface area contributed by atoms with Gasteiger partial charge in [-0.05, 0) is 19.8 Å². The number of nitro benzene ring substituents is 1. The van der Waals surface area contributed by atoms with Crippen LogP contribution in [-0.2, 0) is 9.59 Å². The maximum Gasteiger partial charge on any atom is 0.325 e. The predicted molar refractivity (Wildman–Crippen MR) is 118 cm³/mol. The van der Waals surface area contributed by atoms with E-state index in [9.17, 15) is 24.5 Å². The van der Waals surface area contributed by atoms with Gasteiger partial charge in [-0.2, -0.15) is 0 Å². The molecule has 10 nitrogen and oxygen atoms in total. The molecule has 1 saturated carbocycles. The van der Waals surface area contributed by atoms with Crippen LogP contribution >= 0.6 is 11.3 Å². The van der Waals surface area contributed by atoms with Crippen LogP contribution in [0.15, 0.2) is 23.6 Å².